The van der Waals surface area contributed by atoms with E-state index in [9.17, 15) is 4.79 Å². The number of methoxy groups -OCH3 is 2. The summed E-state index contributed by atoms with van der Waals surface area (Å²) in [7, 11) is 3.19. The minimum atomic E-state index is -1.42. The van der Waals surface area contributed by atoms with Gasteiger partial charge in [0.1, 0.15) is 23.2 Å². The van der Waals surface area contributed by atoms with Crippen LogP contribution in [0, 0.1) is 5.92 Å². The Morgan fingerprint density at radius 3 is 2.47 bits per heavy atom. The van der Waals surface area contributed by atoms with Crippen LogP contribution in [0.1, 0.15) is 36.8 Å². The topological polar surface area (TPSA) is 102 Å². The maximum Gasteiger partial charge on any atom is 0.317 e. The lowest BCUT2D eigenvalue weighted by Gasteiger charge is -2.49. The zero-order valence-electron chi connectivity index (χ0n) is 19.7. The summed E-state index contributed by atoms with van der Waals surface area (Å²) in [4.78, 5) is 15.6. The maximum absolute atomic E-state index is 13.6. The van der Waals surface area contributed by atoms with Gasteiger partial charge in [0, 0.05) is 42.3 Å². The Morgan fingerprint density at radius 2 is 1.79 bits per heavy atom. The van der Waals surface area contributed by atoms with Crippen molar-refractivity contribution in [3.8, 4) is 28.7 Å². The number of carbonyl (C=O) groups excluding carboxylic acids is 1. The maximum atomic E-state index is 13.6. The van der Waals surface area contributed by atoms with Crippen molar-refractivity contribution in [2.24, 2.45) is 11.7 Å². The molecule has 1 saturated heterocycles. The molecule has 3 aliphatic rings. The molecule has 3 aliphatic heterocycles. The highest BCUT2D eigenvalue weighted by molar-refractivity contribution is 5.78. The largest absolute Gasteiger partial charge is 0.497 e. The molecule has 2 aromatic carbocycles. The van der Waals surface area contributed by atoms with Gasteiger partial charge in [0.2, 0.25) is 12.6 Å². The molecule has 3 unspecified atom stereocenters. The summed E-state index contributed by atoms with van der Waals surface area (Å²) in [6.45, 7) is 3.57. The lowest BCUT2D eigenvalue weighted by Crippen LogP contribution is -2.68. The van der Waals surface area contributed by atoms with Crippen LogP contribution >= 0.6 is 0 Å². The summed E-state index contributed by atoms with van der Waals surface area (Å²) in [6, 6.07) is 9.20. The van der Waals surface area contributed by atoms with E-state index in [0.717, 1.165) is 37.1 Å². The van der Waals surface area contributed by atoms with Gasteiger partial charge in [-0.05, 0) is 31.9 Å². The quantitative estimate of drug-likeness (QED) is 0.639. The number of hydrogen-bond donors (Lipinski definition) is 1. The smallest absolute Gasteiger partial charge is 0.317 e. The molecule has 0 saturated carbocycles. The van der Waals surface area contributed by atoms with Crippen LogP contribution in [0.5, 0.6) is 28.7 Å². The SMILES string of the molecule is CCOC(=O)C1C(c2ccc(OC)cc2OC)c2cc3c(cc2OC1(N)N1CCCC1)OCO3. The van der Waals surface area contributed by atoms with Gasteiger partial charge in [0.05, 0.1) is 20.8 Å². The van der Waals surface area contributed by atoms with Gasteiger partial charge in [-0.3, -0.25) is 15.4 Å². The first-order chi connectivity index (χ1) is 16.5. The van der Waals surface area contributed by atoms with Gasteiger partial charge < -0.3 is 28.4 Å². The number of hydrogen-bond acceptors (Lipinski definition) is 9. The Bertz CT molecular complexity index is 1090. The number of nitrogens with two attached hydrogens (primary N) is 1. The minimum absolute atomic E-state index is 0.121. The fourth-order valence-electron chi connectivity index (χ4n) is 5.22. The van der Waals surface area contributed by atoms with Gasteiger partial charge in [-0.15, -0.1) is 0 Å². The van der Waals surface area contributed by atoms with E-state index in [1.165, 1.54) is 0 Å². The molecule has 182 valence electrons. The molecule has 0 aromatic heterocycles. The highest BCUT2D eigenvalue weighted by Gasteiger charge is 2.57. The number of ether oxygens (including phenoxy) is 6. The van der Waals surface area contributed by atoms with E-state index < -0.39 is 23.7 Å². The number of likely N-dealkylation sites (tertiary alicyclic amines) is 1. The van der Waals surface area contributed by atoms with Crippen LogP contribution in [0.3, 0.4) is 0 Å². The van der Waals surface area contributed by atoms with Crippen molar-refractivity contribution in [1.29, 1.82) is 0 Å². The number of fused-ring (bicyclic) bond motifs is 2. The van der Waals surface area contributed by atoms with Crippen molar-refractivity contribution < 1.29 is 33.2 Å². The number of rotatable bonds is 6. The normalized spacial score (nSPS) is 25.4. The molecule has 1 fully saturated rings. The standard InChI is InChI=1S/C25H30N2O7/c1-4-31-24(28)23-22(16-8-7-15(29-2)11-18(16)30-3)17-12-20-21(33-14-32-20)13-19(17)34-25(23,26)27-9-5-6-10-27/h7-8,11-13,22-23H,4-6,9-10,14,26H2,1-3H3. The minimum Gasteiger partial charge on any atom is -0.497 e. The average Bonchev–Trinajstić information content (AvgIpc) is 3.54. The summed E-state index contributed by atoms with van der Waals surface area (Å²) < 4.78 is 34.4. The van der Waals surface area contributed by atoms with Crippen molar-refractivity contribution in [3.63, 3.8) is 0 Å². The van der Waals surface area contributed by atoms with E-state index in [4.69, 9.17) is 34.2 Å². The summed E-state index contributed by atoms with van der Waals surface area (Å²) in [6.07, 6.45) is 1.95. The molecule has 2 N–H and O–H groups in total. The first kappa shape index (κ1) is 22.6. The zero-order valence-corrected chi connectivity index (χ0v) is 19.7. The van der Waals surface area contributed by atoms with Gasteiger partial charge in [-0.1, -0.05) is 6.07 Å². The average molecular weight is 471 g/mol. The number of esters is 1. The Balaban J connectivity index is 1.75. The van der Waals surface area contributed by atoms with Crippen LogP contribution < -0.4 is 29.4 Å². The molecular weight excluding hydrogens is 440 g/mol. The van der Waals surface area contributed by atoms with Crippen LogP contribution in [0.2, 0.25) is 0 Å². The second-order valence-corrected chi connectivity index (χ2v) is 8.61. The lowest BCUT2D eigenvalue weighted by atomic mass is 9.74. The van der Waals surface area contributed by atoms with E-state index >= 15 is 0 Å². The van der Waals surface area contributed by atoms with Crippen LogP contribution in [0.15, 0.2) is 30.3 Å². The molecular formula is C25H30N2O7. The Hall–Kier alpha value is -3.17. The van der Waals surface area contributed by atoms with Crippen molar-refractivity contribution in [3.05, 3.63) is 41.5 Å². The van der Waals surface area contributed by atoms with Crippen molar-refractivity contribution in [2.75, 3.05) is 40.7 Å². The molecule has 0 bridgehead atoms. The predicted molar refractivity (Wildman–Crippen MR) is 122 cm³/mol. The second kappa shape index (κ2) is 8.88. The van der Waals surface area contributed by atoms with Crippen LogP contribution in [-0.4, -0.2) is 57.4 Å². The Morgan fingerprint density at radius 1 is 1.06 bits per heavy atom. The van der Waals surface area contributed by atoms with Gasteiger partial charge >= 0.3 is 5.97 Å². The summed E-state index contributed by atoms with van der Waals surface area (Å²) in [5.74, 6) is -0.294. The van der Waals surface area contributed by atoms with E-state index in [-0.39, 0.29) is 13.4 Å². The van der Waals surface area contributed by atoms with Crippen LogP contribution in [-0.2, 0) is 9.53 Å². The van der Waals surface area contributed by atoms with E-state index in [2.05, 4.69) is 0 Å². The van der Waals surface area contributed by atoms with E-state index in [1.807, 2.05) is 23.1 Å². The third-order valence-corrected chi connectivity index (χ3v) is 6.81. The van der Waals surface area contributed by atoms with Crippen LogP contribution in [0.25, 0.3) is 0 Å². The van der Waals surface area contributed by atoms with Crippen molar-refractivity contribution in [1.82, 2.24) is 4.90 Å². The number of nitrogens with zero attached hydrogens (tertiary/aromatic N) is 1. The molecule has 9 nitrogen and oxygen atoms in total. The predicted octanol–water partition coefficient (Wildman–Crippen LogP) is 2.84. The highest BCUT2D eigenvalue weighted by atomic mass is 16.7. The van der Waals surface area contributed by atoms with Crippen molar-refractivity contribution >= 4 is 5.97 Å². The van der Waals surface area contributed by atoms with Gasteiger partial charge in [-0.25, -0.2) is 0 Å². The molecule has 3 heterocycles. The molecule has 0 spiro atoms. The van der Waals surface area contributed by atoms with Gasteiger partial charge in [0.15, 0.2) is 11.5 Å². The van der Waals surface area contributed by atoms with Crippen molar-refractivity contribution in [2.45, 2.75) is 31.5 Å². The molecule has 0 radical (unpaired) electrons. The number of carbonyl (C=O) groups is 1. The monoisotopic (exact) mass is 470 g/mol. The molecule has 2 aromatic rings. The first-order valence-electron chi connectivity index (χ1n) is 11.5. The highest BCUT2D eigenvalue weighted by Crippen LogP contribution is 2.54. The summed E-state index contributed by atoms with van der Waals surface area (Å²) in [5.41, 5.74) is 8.57. The van der Waals surface area contributed by atoms with Gasteiger partial charge in [0.25, 0.3) is 0 Å². The third-order valence-electron chi connectivity index (χ3n) is 6.81. The van der Waals surface area contributed by atoms with Crippen LogP contribution in [0.4, 0.5) is 0 Å². The molecule has 0 aliphatic carbocycles. The zero-order chi connectivity index (χ0) is 23.9. The Labute approximate surface area is 198 Å². The fourth-order valence-corrected chi connectivity index (χ4v) is 5.22. The number of benzene rings is 2. The lowest BCUT2D eigenvalue weighted by molar-refractivity contribution is -0.177. The first-order valence-corrected chi connectivity index (χ1v) is 11.5. The van der Waals surface area contributed by atoms with E-state index in [1.54, 1.807) is 33.3 Å². The molecule has 3 atom stereocenters. The summed E-state index contributed by atoms with van der Waals surface area (Å²) >= 11 is 0. The molecule has 0 amide bonds. The molecule has 5 rings (SSSR count). The molecule has 9 heteroatoms. The van der Waals surface area contributed by atoms with E-state index in [0.29, 0.717) is 28.7 Å². The second-order valence-electron chi connectivity index (χ2n) is 8.61. The fraction of sp³-hybridized carbons (Fsp3) is 0.480. The van der Waals surface area contributed by atoms with Gasteiger partial charge in [-0.2, -0.15) is 0 Å². The summed E-state index contributed by atoms with van der Waals surface area (Å²) in [5, 5.41) is 0. The Kier molecular flexibility index (Phi) is 5.91. The third kappa shape index (κ3) is 3.59. The molecule has 34 heavy (non-hydrogen) atoms.